The minimum atomic E-state index is 0. The summed E-state index contributed by atoms with van der Waals surface area (Å²) in [6.07, 6.45) is 2.45. The van der Waals surface area contributed by atoms with Crippen molar-refractivity contribution in [2.75, 3.05) is 38.2 Å². The number of hydrogen-bond donors (Lipinski definition) is 1. The van der Waals surface area contributed by atoms with Gasteiger partial charge in [-0.15, -0.1) is 34.2 Å². The lowest BCUT2D eigenvalue weighted by molar-refractivity contribution is 0.365. The molecule has 8 nitrogen and oxygen atoms in total. The Kier molecular flexibility index (Phi) is 7.20. The number of guanidine groups is 1. The molecule has 1 N–H and O–H groups in total. The van der Waals surface area contributed by atoms with Gasteiger partial charge in [0.2, 0.25) is 0 Å². The topological polar surface area (TPSA) is 70.8 Å². The Hall–Kier alpha value is -2.04. The van der Waals surface area contributed by atoms with E-state index in [0.29, 0.717) is 12.6 Å². The van der Waals surface area contributed by atoms with E-state index in [1.165, 1.54) is 12.8 Å². The molecule has 0 amide bonds. The van der Waals surface area contributed by atoms with Crippen molar-refractivity contribution in [3.8, 4) is 5.75 Å². The molecule has 1 aromatic carbocycles. The van der Waals surface area contributed by atoms with Crippen molar-refractivity contribution in [1.82, 2.24) is 25.0 Å². The summed E-state index contributed by atoms with van der Waals surface area (Å²) >= 11 is 0. The highest BCUT2D eigenvalue weighted by molar-refractivity contribution is 14.0. The quantitative estimate of drug-likeness (QED) is 0.377. The number of ether oxygens (including phenoxy) is 1. The maximum atomic E-state index is 5.53. The third-order valence-electron chi connectivity index (χ3n) is 5.47. The smallest absolute Gasteiger partial charge is 0.194 e. The molecule has 4 rings (SSSR count). The van der Waals surface area contributed by atoms with Crippen molar-refractivity contribution in [1.29, 1.82) is 0 Å². The van der Waals surface area contributed by atoms with E-state index < -0.39 is 0 Å². The van der Waals surface area contributed by atoms with Gasteiger partial charge in [0.05, 0.1) is 12.8 Å². The molecule has 0 bridgehead atoms. The maximum absolute atomic E-state index is 5.53. The summed E-state index contributed by atoms with van der Waals surface area (Å²) in [5, 5.41) is 12.0. The van der Waals surface area contributed by atoms with Gasteiger partial charge in [-0.1, -0.05) is 12.1 Å². The molecule has 1 aliphatic heterocycles. The molecule has 1 aliphatic carbocycles. The van der Waals surface area contributed by atoms with E-state index in [1.807, 2.05) is 30.7 Å². The van der Waals surface area contributed by atoms with E-state index in [1.54, 1.807) is 7.11 Å². The molecule has 1 aromatic heterocycles. The zero-order chi connectivity index (χ0) is 19.5. The SMILES string of the molecule is COc1ccccc1N1CCN(C(=NCc2nnc(C)n2C)NC2CC2)CC1.I. The first kappa shape index (κ1) is 21.7. The van der Waals surface area contributed by atoms with Crippen LogP contribution in [0.5, 0.6) is 5.75 Å². The van der Waals surface area contributed by atoms with Crippen LogP contribution in [0, 0.1) is 6.92 Å². The molecule has 2 aliphatic rings. The summed E-state index contributed by atoms with van der Waals surface area (Å²) in [6, 6.07) is 8.78. The van der Waals surface area contributed by atoms with Gasteiger partial charge in [0.1, 0.15) is 18.1 Å². The Morgan fingerprint density at radius 3 is 2.52 bits per heavy atom. The van der Waals surface area contributed by atoms with E-state index >= 15 is 0 Å². The lowest BCUT2D eigenvalue weighted by atomic mass is 10.2. The highest BCUT2D eigenvalue weighted by Gasteiger charge is 2.27. The van der Waals surface area contributed by atoms with E-state index in [-0.39, 0.29) is 24.0 Å². The predicted molar refractivity (Wildman–Crippen MR) is 125 cm³/mol. The van der Waals surface area contributed by atoms with Crippen LogP contribution in [0.4, 0.5) is 5.69 Å². The van der Waals surface area contributed by atoms with Gasteiger partial charge < -0.3 is 24.4 Å². The fourth-order valence-corrected chi connectivity index (χ4v) is 3.43. The van der Waals surface area contributed by atoms with Crippen molar-refractivity contribution in [3.63, 3.8) is 0 Å². The number of hydrogen-bond acceptors (Lipinski definition) is 5. The van der Waals surface area contributed by atoms with Gasteiger partial charge >= 0.3 is 0 Å². The maximum Gasteiger partial charge on any atom is 0.194 e. The standard InChI is InChI=1S/C20H29N7O.HI/c1-15-23-24-19(25(15)2)14-21-20(22-16-8-9-16)27-12-10-26(11-13-27)17-6-4-5-7-18(17)28-3;/h4-7,16H,8-14H2,1-3H3,(H,21,22);1H. The Balaban J connectivity index is 0.00000240. The molecule has 0 atom stereocenters. The Labute approximate surface area is 189 Å². The van der Waals surface area contributed by atoms with Crippen molar-refractivity contribution >= 4 is 35.6 Å². The molecule has 158 valence electrons. The number of para-hydroxylation sites is 2. The summed E-state index contributed by atoms with van der Waals surface area (Å²) in [5.41, 5.74) is 1.16. The van der Waals surface area contributed by atoms with Crippen molar-refractivity contribution in [3.05, 3.63) is 35.9 Å². The molecule has 2 heterocycles. The van der Waals surface area contributed by atoms with Gasteiger partial charge in [-0.25, -0.2) is 4.99 Å². The van der Waals surface area contributed by atoms with Crippen LogP contribution in [0.15, 0.2) is 29.3 Å². The molecule has 2 fully saturated rings. The van der Waals surface area contributed by atoms with Crippen LogP contribution in [-0.4, -0.2) is 65.0 Å². The Morgan fingerprint density at radius 1 is 1.17 bits per heavy atom. The number of methoxy groups -OCH3 is 1. The van der Waals surface area contributed by atoms with Crippen LogP contribution in [0.25, 0.3) is 0 Å². The number of nitrogens with zero attached hydrogens (tertiary/aromatic N) is 6. The Morgan fingerprint density at radius 2 is 1.90 bits per heavy atom. The van der Waals surface area contributed by atoms with Gasteiger partial charge in [0, 0.05) is 39.3 Å². The van der Waals surface area contributed by atoms with E-state index in [2.05, 4.69) is 37.4 Å². The van der Waals surface area contributed by atoms with E-state index in [9.17, 15) is 0 Å². The lowest BCUT2D eigenvalue weighted by Crippen LogP contribution is -2.53. The van der Waals surface area contributed by atoms with Gasteiger partial charge in [-0.05, 0) is 31.9 Å². The zero-order valence-electron chi connectivity index (χ0n) is 17.3. The fourth-order valence-electron chi connectivity index (χ4n) is 3.43. The second-order valence-electron chi connectivity index (χ2n) is 7.43. The number of aliphatic imine (C=N–C) groups is 1. The highest BCUT2D eigenvalue weighted by Crippen LogP contribution is 2.28. The number of rotatable bonds is 5. The lowest BCUT2D eigenvalue weighted by Gasteiger charge is -2.38. The molecule has 29 heavy (non-hydrogen) atoms. The highest BCUT2D eigenvalue weighted by atomic mass is 127. The number of piperazine rings is 1. The molecule has 0 radical (unpaired) electrons. The fraction of sp³-hybridized carbons (Fsp3) is 0.550. The molecule has 1 saturated carbocycles. The van der Waals surface area contributed by atoms with Crippen LogP contribution in [0.2, 0.25) is 0 Å². The first-order chi connectivity index (χ1) is 13.7. The van der Waals surface area contributed by atoms with Crippen LogP contribution in [0.1, 0.15) is 24.5 Å². The van der Waals surface area contributed by atoms with Crippen LogP contribution in [0.3, 0.4) is 0 Å². The van der Waals surface area contributed by atoms with Gasteiger partial charge in [-0.2, -0.15) is 0 Å². The van der Waals surface area contributed by atoms with Crippen LogP contribution in [-0.2, 0) is 13.6 Å². The van der Waals surface area contributed by atoms with Gasteiger partial charge in [-0.3, -0.25) is 0 Å². The Bertz CT molecular complexity index is 841. The monoisotopic (exact) mass is 511 g/mol. The molecule has 9 heteroatoms. The van der Waals surface area contributed by atoms with E-state index in [0.717, 1.165) is 55.2 Å². The first-order valence-electron chi connectivity index (χ1n) is 9.94. The molecular weight excluding hydrogens is 481 g/mol. The first-order valence-corrected chi connectivity index (χ1v) is 9.94. The third kappa shape index (κ3) is 5.12. The van der Waals surface area contributed by atoms with Gasteiger partial charge in [0.25, 0.3) is 0 Å². The zero-order valence-corrected chi connectivity index (χ0v) is 19.7. The number of aryl methyl sites for hydroxylation is 1. The summed E-state index contributed by atoms with van der Waals surface area (Å²) in [5.74, 6) is 3.72. The summed E-state index contributed by atoms with van der Waals surface area (Å²) in [6.45, 7) is 6.23. The van der Waals surface area contributed by atoms with Crippen molar-refractivity contribution < 1.29 is 4.74 Å². The van der Waals surface area contributed by atoms with Gasteiger partial charge in [0.15, 0.2) is 11.8 Å². The number of nitrogens with one attached hydrogen (secondary N) is 1. The molecule has 1 saturated heterocycles. The van der Waals surface area contributed by atoms with Crippen LogP contribution < -0.4 is 15.0 Å². The van der Waals surface area contributed by atoms with Crippen molar-refractivity contribution in [2.24, 2.45) is 12.0 Å². The average molecular weight is 511 g/mol. The minimum absolute atomic E-state index is 0. The molecular formula is C20H30IN7O. The predicted octanol–water partition coefficient (Wildman–Crippen LogP) is 2.18. The largest absolute Gasteiger partial charge is 0.495 e. The third-order valence-corrected chi connectivity index (χ3v) is 5.47. The second kappa shape index (κ2) is 9.64. The number of benzene rings is 1. The minimum Gasteiger partial charge on any atom is -0.495 e. The second-order valence-corrected chi connectivity index (χ2v) is 7.43. The summed E-state index contributed by atoms with van der Waals surface area (Å²) in [7, 11) is 3.72. The van der Waals surface area contributed by atoms with Crippen LogP contribution >= 0.6 is 24.0 Å². The van der Waals surface area contributed by atoms with E-state index in [4.69, 9.17) is 9.73 Å². The average Bonchev–Trinajstić information content (AvgIpc) is 3.50. The number of anilines is 1. The normalized spacial score (nSPS) is 17.1. The summed E-state index contributed by atoms with van der Waals surface area (Å²) < 4.78 is 7.53. The number of aromatic nitrogens is 3. The number of halogens is 1. The van der Waals surface area contributed by atoms with Crippen molar-refractivity contribution in [2.45, 2.75) is 32.4 Å². The summed E-state index contributed by atoms with van der Waals surface area (Å²) in [4.78, 5) is 9.61. The molecule has 2 aromatic rings. The molecule has 0 unspecified atom stereocenters. The molecule has 0 spiro atoms.